The predicted molar refractivity (Wildman–Crippen MR) is 128 cm³/mol. The summed E-state index contributed by atoms with van der Waals surface area (Å²) >= 11 is 0. The molecule has 3 atom stereocenters. The first-order valence-corrected chi connectivity index (χ1v) is 11.4. The van der Waals surface area contributed by atoms with E-state index in [0.29, 0.717) is 27.9 Å². The molecule has 0 aromatic heterocycles. The lowest BCUT2D eigenvalue weighted by molar-refractivity contribution is -0.163. The summed E-state index contributed by atoms with van der Waals surface area (Å²) in [7, 11) is 0. The van der Waals surface area contributed by atoms with E-state index in [9.17, 15) is 19.8 Å². The zero-order chi connectivity index (χ0) is 25.0. The van der Waals surface area contributed by atoms with Crippen LogP contribution in [0.3, 0.4) is 0 Å². The fraction of sp³-hybridized carbons (Fsp3) is 0.259. The smallest absolute Gasteiger partial charge is 0.320 e. The van der Waals surface area contributed by atoms with Crippen LogP contribution < -0.4 is 11.1 Å². The van der Waals surface area contributed by atoms with Crippen LogP contribution in [0.25, 0.3) is 0 Å². The molecule has 3 unspecified atom stereocenters. The number of hydrogen-bond donors (Lipinski definition) is 4. The minimum Gasteiger partial charge on any atom is -0.460 e. The highest BCUT2D eigenvalue weighted by Gasteiger charge is 2.44. The van der Waals surface area contributed by atoms with Crippen molar-refractivity contribution in [3.63, 3.8) is 0 Å². The zero-order valence-corrected chi connectivity index (χ0v) is 19.3. The monoisotopic (exact) mass is 476 g/mol. The molecular weight excluding hydrogens is 448 g/mol. The lowest BCUT2D eigenvalue weighted by Gasteiger charge is -2.28. The number of benzene rings is 3. The number of carbonyl (C=O) groups excluding carboxylic acids is 2. The number of nitrogen functional groups attached to an aromatic ring is 1. The van der Waals surface area contributed by atoms with Crippen LogP contribution in [0.15, 0.2) is 72.8 Å². The Kier molecular flexibility index (Phi) is 7.16. The van der Waals surface area contributed by atoms with Crippen molar-refractivity contribution < 1.29 is 29.3 Å². The van der Waals surface area contributed by atoms with Gasteiger partial charge in [0.2, 0.25) is 0 Å². The number of esters is 2. The van der Waals surface area contributed by atoms with Gasteiger partial charge in [0.1, 0.15) is 19.4 Å². The second-order valence-electron chi connectivity index (χ2n) is 8.42. The van der Waals surface area contributed by atoms with Gasteiger partial charge in [-0.15, -0.1) is 0 Å². The molecule has 0 saturated carbocycles. The van der Waals surface area contributed by atoms with Crippen molar-refractivity contribution in [3.05, 3.63) is 101 Å². The number of fused-ring (bicyclic) bond motifs is 1. The maximum Gasteiger partial charge on any atom is 0.320 e. The van der Waals surface area contributed by atoms with Gasteiger partial charge in [-0.05, 0) is 29.7 Å². The second-order valence-corrected chi connectivity index (χ2v) is 8.42. The largest absolute Gasteiger partial charge is 0.460 e. The Labute approximate surface area is 203 Å². The molecule has 0 radical (unpaired) electrons. The maximum atomic E-state index is 12.7. The number of nitrogens with one attached hydrogen (secondary N) is 1. The number of aliphatic hydroxyl groups excluding tert-OH is 1. The molecule has 0 aliphatic carbocycles. The van der Waals surface area contributed by atoms with Gasteiger partial charge in [-0.1, -0.05) is 67.6 Å². The molecule has 0 fully saturated rings. The summed E-state index contributed by atoms with van der Waals surface area (Å²) in [5.74, 6) is -2.43. The van der Waals surface area contributed by atoms with Crippen molar-refractivity contribution >= 4 is 17.6 Å². The Morgan fingerprint density at radius 1 is 0.971 bits per heavy atom. The summed E-state index contributed by atoms with van der Waals surface area (Å²) in [6, 6.07) is 20.9. The van der Waals surface area contributed by atoms with Crippen molar-refractivity contribution in [3.8, 4) is 0 Å². The molecule has 5 N–H and O–H groups in total. The Bertz CT molecular complexity index is 1220. The fourth-order valence-electron chi connectivity index (χ4n) is 4.22. The summed E-state index contributed by atoms with van der Waals surface area (Å²) in [6.45, 7) is 1.60. The van der Waals surface area contributed by atoms with Gasteiger partial charge >= 0.3 is 11.9 Å². The van der Waals surface area contributed by atoms with E-state index >= 15 is 0 Å². The molecule has 0 bridgehead atoms. The van der Waals surface area contributed by atoms with Gasteiger partial charge < -0.3 is 25.4 Å². The van der Waals surface area contributed by atoms with Crippen molar-refractivity contribution in [1.29, 1.82) is 0 Å². The van der Waals surface area contributed by atoms with Crippen molar-refractivity contribution in [2.45, 2.75) is 38.5 Å². The molecule has 4 rings (SSSR count). The summed E-state index contributed by atoms with van der Waals surface area (Å²) in [4.78, 5) is 25.3. The number of hydrogen-bond acceptors (Lipinski definition) is 8. The van der Waals surface area contributed by atoms with Crippen LogP contribution in [0.4, 0.5) is 5.69 Å². The number of anilines is 1. The molecule has 8 heteroatoms. The van der Waals surface area contributed by atoms with Gasteiger partial charge in [0.05, 0.1) is 0 Å². The van der Waals surface area contributed by atoms with E-state index in [1.165, 1.54) is 0 Å². The minimum atomic E-state index is -1.72. The Morgan fingerprint density at radius 2 is 1.63 bits per heavy atom. The van der Waals surface area contributed by atoms with E-state index in [0.717, 1.165) is 5.56 Å². The van der Waals surface area contributed by atoms with Crippen LogP contribution in [-0.2, 0) is 38.0 Å². The molecule has 0 saturated heterocycles. The number of nitrogens with two attached hydrogens (primary N) is 1. The molecule has 3 aromatic rings. The number of carbonyl (C=O) groups is 2. The molecular formula is C27H28N2O6. The average Bonchev–Trinajstić information content (AvgIpc) is 3.12. The van der Waals surface area contributed by atoms with Gasteiger partial charge in [0.25, 0.3) is 0 Å². The first kappa shape index (κ1) is 24.4. The summed E-state index contributed by atoms with van der Waals surface area (Å²) in [5.41, 5.74) is 7.24. The van der Waals surface area contributed by atoms with Crippen LogP contribution >= 0.6 is 0 Å². The fourth-order valence-corrected chi connectivity index (χ4v) is 4.22. The summed E-state index contributed by atoms with van der Waals surface area (Å²) in [5, 5.41) is 24.8. The van der Waals surface area contributed by atoms with Crippen LogP contribution in [-0.4, -0.2) is 22.2 Å². The number of aliphatic hydroxyl groups is 2. The molecule has 182 valence electrons. The molecule has 1 heterocycles. The molecule has 0 spiro atoms. The molecule has 3 aromatic carbocycles. The van der Waals surface area contributed by atoms with Crippen molar-refractivity contribution in [2.75, 3.05) is 5.73 Å². The van der Waals surface area contributed by atoms with E-state index in [2.05, 4.69) is 5.32 Å². The lowest BCUT2D eigenvalue weighted by atomic mass is 9.91. The van der Waals surface area contributed by atoms with E-state index < -0.39 is 29.8 Å². The Balaban J connectivity index is 1.47. The predicted octanol–water partition coefficient (Wildman–Crippen LogP) is 2.87. The van der Waals surface area contributed by atoms with Gasteiger partial charge in [-0.25, -0.2) is 0 Å². The number of ether oxygens (including phenoxy) is 2. The van der Waals surface area contributed by atoms with E-state index in [1.54, 1.807) is 49.4 Å². The van der Waals surface area contributed by atoms with Crippen LogP contribution in [0.1, 0.15) is 47.4 Å². The third kappa shape index (κ3) is 5.05. The third-order valence-corrected chi connectivity index (χ3v) is 6.08. The normalized spacial score (nSPS) is 19.6. The first-order valence-electron chi connectivity index (χ1n) is 11.4. The van der Waals surface area contributed by atoms with Crippen LogP contribution in [0, 0.1) is 5.92 Å². The molecule has 1 aliphatic rings. The highest BCUT2D eigenvalue weighted by molar-refractivity contribution is 5.94. The maximum absolute atomic E-state index is 12.7. The SMILES string of the molecule is CCC(C(=O)OCc1ccccc1)C(=O)OCc1ccccc1C1(O)NC(O)c2cc(N)ccc21. The quantitative estimate of drug-likeness (QED) is 0.222. The molecule has 35 heavy (non-hydrogen) atoms. The first-order chi connectivity index (χ1) is 16.8. The molecule has 0 amide bonds. The van der Waals surface area contributed by atoms with Crippen LogP contribution in [0.5, 0.6) is 0 Å². The van der Waals surface area contributed by atoms with Crippen LogP contribution in [0.2, 0.25) is 0 Å². The highest BCUT2D eigenvalue weighted by Crippen LogP contribution is 2.41. The van der Waals surface area contributed by atoms with E-state index in [-0.39, 0.29) is 19.6 Å². The standard InChI is InChI=1S/C27H28N2O6/c1-2-20(25(31)34-15-17-8-4-3-5-9-17)26(32)35-16-18-10-6-7-11-22(18)27(33)23-13-12-19(28)14-21(23)24(30)29-27/h3-14,20,24,29-30,33H,2,15-16,28H2,1H3. The molecule has 8 nitrogen and oxygen atoms in total. The average molecular weight is 477 g/mol. The third-order valence-electron chi connectivity index (χ3n) is 6.08. The summed E-state index contributed by atoms with van der Waals surface area (Å²) in [6.07, 6.45) is -0.904. The zero-order valence-electron chi connectivity index (χ0n) is 19.3. The van der Waals surface area contributed by atoms with Crippen molar-refractivity contribution in [1.82, 2.24) is 5.32 Å². The Hall–Kier alpha value is -3.72. The minimum absolute atomic E-state index is 0.0667. The topological polar surface area (TPSA) is 131 Å². The highest BCUT2D eigenvalue weighted by atomic mass is 16.6. The van der Waals surface area contributed by atoms with Crippen molar-refractivity contribution in [2.24, 2.45) is 5.92 Å². The van der Waals surface area contributed by atoms with E-state index in [1.807, 2.05) is 30.3 Å². The number of rotatable bonds is 8. The van der Waals surface area contributed by atoms with Gasteiger partial charge in [-0.3, -0.25) is 14.9 Å². The lowest BCUT2D eigenvalue weighted by Crippen LogP contribution is -2.40. The van der Waals surface area contributed by atoms with Gasteiger partial charge in [0, 0.05) is 22.4 Å². The molecule has 1 aliphatic heterocycles. The summed E-state index contributed by atoms with van der Waals surface area (Å²) < 4.78 is 10.8. The van der Waals surface area contributed by atoms with Gasteiger partial charge in [-0.2, -0.15) is 0 Å². The van der Waals surface area contributed by atoms with E-state index in [4.69, 9.17) is 15.2 Å². The second kappa shape index (κ2) is 10.3. The Morgan fingerprint density at radius 3 is 2.34 bits per heavy atom. The van der Waals surface area contributed by atoms with Gasteiger partial charge in [0.15, 0.2) is 11.6 Å².